The number of carbonyl (C=O) groups excluding carboxylic acids is 1. The molecule has 0 saturated carbocycles. The van der Waals surface area contributed by atoms with E-state index in [9.17, 15) is 4.79 Å². The van der Waals surface area contributed by atoms with E-state index in [0.29, 0.717) is 6.42 Å². The van der Waals surface area contributed by atoms with Crippen molar-refractivity contribution in [3.63, 3.8) is 0 Å². The highest BCUT2D eigenvalue weighted by molar-refractivity contribution is 5.56. The average molecular weight is 219 g/mol. The predicted octanol–water partition coefficient (Wildman–Crippen LogP) is 0.575. The molecule has 4 heteroatoms. The minimum atomic E-state index is 0.475. The highest BCUT2D eigenvalue weighted by Gasteiger charge is 2.15. The van der Waals surface area contributed by atoms with E-state index in [1.165, 1.54) is 0 Å². The third kappa shape index (κ3) is 2.58. The van der Waals surface area contributed by atoms with Crippen LogP contribution in [0.5, 0.6) is 0 Å². The highest BCUT2D eigenvalue weighted by atomic mass is 16.1. The first-order valence-corrected chi connectivity index (χ1v) is 5.61. The fourth-order valence-electron chi connectivity index (χ4n) is 1.89. The number of anilines is 1. The van der Waals surface area contributed by atoms with Crippen molar-refractivity contribution in [3.8, 4) is 0 Å². The minimum absolute atomic E-state index is 0.475. The Kier molecular flexibility index (Phi) is 3.51. The lowest BCUT2D eigenvalue weighted by Crippen LogP contribution is -2.44. The lowest BCUT2D eigenvalue weighted by molar-refractivity contribution is -0.107. The molecule has 1 fully saturated rings. The van der Waals surface area contributed by atoms with Crippen LogP contribution in [0, 0.1) is 0 Å². The number of hydrogen-bond acceptors (Lipinski definition) is 4. The van der Waals surface area contributed by atoms with Gasteiger partial charge in [-0.2, -0.15) is 0 Å². The molecule has 1 aliphatic heterocycles. The van der Waals surface area contributed by atoms with Crippen molar-refractivity contribution in [2.75, 3.05) is 38.1 Å². The predicted molar refractivity (Wildman–Crippen MR) is 63.7 cm³/mol. The molecule has 1 aromatic rings. The molecule has 0 atom stereocenters. The average Bonchev–Trinajstić information content (AvgIpc) is 2.31. The van der Waals surface area contributed by atoms with Crippen molar-refractivity contribution in [2.24, 2.45) is 0 Å². The number of nitrogens with zero attached hydrogens (tertiary/aromatic N) is 3. The fourth-order valence-corrected chi connectivity index (χ4v) is 1.89. The first-order valence-electron chi connectivity index (χ1n) is 5.61. The number of likely N-dealkylation sites (N-methyl/N-ethyl adjacent to an activating group) is 1. The molecule has 2 rings (SSSR count). The number of hydrogen-bond donors (Lipinski definition) is 0. The first kappa shape index (κ1) is 11.1. The molecule has 0 N–H and O–H groups in total. The van der Waals surface area contributed by atoms with Gasteiger partial charge in [0.25, 0.3) is 0 Å². The molecule has 0 bridgehead atoms. The molecule has 1 aliphatic rings. The Morgan fingerprint density at radius 2 is 2.12 bits per heavy atom. The van der Waals surface area contributed by atoms with Gasteiger partial charge in [-0.15, -0.1) is 0 Å². The van der Waals surface area contributed by atoms with Crippen molar-refractivity contribution in [2.45, 2.75) is 6.42 Å². The maximum atomic E-state index is 10.5. The Hall–Kier alpha value is -1.42. The zero-order valence-electron chi connectivity index (χ0n) is 9.59. The second-order valence-electron chi connectivity index (χ2n) is 4.18. The summed E-state index contributed by atoms with van der Waals surface area (Å²) in [5.41, 5.74) is 1.04. The van der Waals surface area contributed by atoms with Crippen LogP contribution in [0.4, 0.5) is 5.82 Å². The number of pyridine rings is 1. The summed E-state index contributed by atoms with van der Waals surface area (Å²) in [5, 5.41) is 0. The van der Waals surface area contributed by atoms with E-state index < -0.39 is 0 Å². The Balaban J connectivity index is 2.08. The van der Waals surface area contributed by atoms with Gasteiger partial charge in [0.05, 0.1) is 0 Å². The van der Waals surface area contributed by atoms with Gasteiger partial charge >= 0.3 is 0 Å². The van der Waals surface area contributed by atoms with Crippen LogP contribution in [-0.2, 0) is 11.2 Å². The van der Waals surface area contributed by atoms with Crippen molar-refractivity contribution in [1.82, 2.24) is 9.88 Å². The van der Waals surface area contributed by atoms with Gasteiger partial charge in [-0.05, 0) is 24.7 Å². The van der Waals surface area contributed by atoms with Gasteiger partial charge < -0.3 is 14.6 Å². The summed E-state index contributed by atoms with van der Waals surface area (Å²) in [5.74, 6) is 0.993. The number of piperazine rings is 1. The van der Waals surface area contributed by atoms with Crippen LogP contribution in [0.2, 0.25) is 0 Å². The van der Waals surface area contributed by atoms with Gasteiger partial charge in [0, 0.05) is 38.8 Å². The summed E-state index contributed by atoms with van der Waals surface area (Å²) in [7, 11) is 2.13. The summed E-state index contributed by atoms with van der Waals surface area (Å²) in [6.07, 6.45) is 3.19. The molecule has 86 valence electrons. The lowest BCUT2D eigenvalue weighted by atomic mass is 10.2. The molecule has 4 nitrogen and oxygen atoms in total. The van der Waals surface area contributed by atoms with Crippen LogP contribution in [0.3, 0.4) is 0 Å². The van der Waals surface area contributed by atoms with E-state index in [0.717, 1.165) is 43.8 Å². The fraction of sp³-hybridized carbons (Fsp3) is 0.500. The van der Waals surface area contributed by atoms with Crippen molar-refractivity contribution in [3.05, 3.63) is 23.9 Å². The third-order valence-electron chi connectivity index (χ3n) is 2.96. The Morgan fingerprint density at radius 1 is 1.38 bits per heavy atom. The number of rotatable bonds is 3. The Labute approximate surface area is 95.9 Å². The van der Waals surface area contributed by atoms with Crippen LogP contribution >= 0.6 is 0 Å². The van der Waals surface area contributed by atoms with Crippen molar-refractivity contribution >= 4 is 12.1 Å². The molecule has 0 aromatic carbocycles. The first-order chi connectivity index (χ1) is 7.79. The Morgan fingerprint density at radius 3 is 2.81 bits per heavy atom. The molecule has 1 aromatic heterocycles. The van der Waals surface area contributed by atoms with Crippen LogP contribution in [0.25, 0.3) is 0 Å². The number of aldehydes is 1. The lowest BCUT2D eigenvalue weighted by Gasteiger charge is -2.33. The molecular weight excluding hydrogens is 202 g/mol. The second-order valence-corrected chi connectivity index (χ2v) is 4.18. The van der Waals surface area contributed by atoms with E-state index >= 15 is 0 Å². The largest absolute Gasteiger partial charge is 0.354 e. The molecule has 0 amide bonds. The topological polar surface area (TPSA) is 36.4 Å². The zero-order valence-corrected chi connectivity index (χ0v) is 9.59. The molecule has 0 spiro atoms. The molecule has 0 unspecified atom stereocenters. The van der Waals surface area contributed by atoms with Crippen LogP contribution in [0.1, 0.15) is 5.56 Å². The summed E-state index contributed by atoms with van der Waals surface area (Å²) in [6.45, 7) is 4.15. The van der Waals surface area contributed by atoms with E-state index in [2.05, 4.69) is 21.8 Å². The van der Waals surface area contributed by atoms with Crippen molar-refractivity contribution < 1.29 is 4.79 Å². The van der Waals surface area contributed by atoms with Gasteiger partial charge in [0.15, 0.2) is 0 Å². The van der Waals surface area contributed by atoms with E-state index in [-0.39, 0.29) is 0 Å². The quantitative estimate of drug-likeness (QED) is 0.697. The number of carbonyl (C=O) groups is 1. The van der Waals surface area contributed by atoms with E-state index in [4.69, 9.17) is 0 Å². The maximum absolute atomic E-state index is 10.5. The molecule has 1 saturated heterocycles. The summed E-state index contributed by atoms with van der Waals surface area (Å²) < 4.78 is 0. The molecular formula is C12H17N3O. The Bertz CT molecular complexity index is 359. The normalized spacial score (nSPS) is 17.4. The second kappa shape index (κ2) is 5.07. The highest BCUT2D eigenvalue weighted by Crippen LogP contribution is 2.14. The summed E-state index contributed by atoms with van der Waals surface area (Å²) in [6, 6.07) is 3.91. The van der Waals surface area contributed by atoms with Gasteiger partial charge in [0.2, 0.25) is 0 Å². The summed E-state index contributed by atoms with van der Waals surface area (Å²) in [4.78, 5) is 19.4. The van der Waals surface area contributed by atoms with Crippen molar-refractivity contribution in [1.29, 1.82) is 0 Å². The summed E-state index contributed by atoms with van der Waals surface area (Å²) >= 11 is 0. The van der Waals surface area contributed by atoms with Gasteiger partial charge in [0.1, 0.15) is 12.1 Å². The van der Waals surface area contributed by atoms with Gasteiger partial charge in [-0.25, -0.2) is 4.98 Å². The standard InChI is InChI=1S/C12H17N3O/c1-14-5-7-15(8-6-14)12-10-11(3-9-16)2-4-13-12/h2,4,9-10H,3,5-8H2,1H3. The van der Waals surface area contributed by atoms with Gasteiger partial charge in [-0.3, -0.25) is 0 Å². The third-order valence-corrected chi connectivity index (χ3v) is 2.96. The van der Waals surface area contributed by atoms with E-state index in [1.807, 2.05) is 12.1 Å². The molecule has 0 aliphatic carbocycles. The molecule has 2 heterocycles. The number of aromatic nitrogens is 1. The molecule has 0 radical (unpaired) electrons. The van der Waals surface area contributed by atoms with Crippen LogP contribution < -0.4 is 4.90 Å². The monoisotopic (exact) mass is 219 g/mol. The van der Waals surface area contributed by atoms with Gasteiger partial charge in [-0.1, -0.05) is 0 Å². The molecule has 16 heavy (non-hydrogen) atoms. The maximum Gasteiger partial charge on any atom is 0.128 e. The zero-order chi connectivity index (χ0) is 11.4. The van der Waals surface area contributed by atoms with Crippen LogP contribution in [0.15, 0.2) is 18.3 Å². The minimum Gasteiger partial charge on any atom is -0.354 e. The smallest absolute Gasteiger partial charge is 0.128 e. The SMILES string of the molecule is CN1CCN(c2cc(CC=O)ccn2)CC1. The van der Waals surface area contributed by atoms with Crippen LogP contribution in [-0.4, -0.2) is 49.4 Å². The van der Waals surface area contributed by atoms with E-state index in [1.54, 1.807) is 6.20 Å².